The third-order valence-electron chi connectivity index (χ3n) is 4.15. The number of hydrogen-bond acceptors (Lipinski definition) is 3. The second-order valence-electron chi connectivity index (χ2n) is 5.52. The van der Waals surface area contributed by atoms with Crippen molar-refractivity contribution in [3.8, 4) is 0 Å². The van der Waals surface area contributed by atoms with Crippen LogP contribution < -0.4 is 5.32 Å². The van der Waals surface area contributed by atoms with E-state index in [4.69, 9.17) is 4.74 Å². The highest BCUT2D eigenvalue weighted by Crippen LogP contribution is 2.34. The highest BCUT2D eigenvalue weighted by Gasteiger charge is 2.30. The number of rotatable bonds is 4. The monoisotopic (exact) mass is 294 g/mol. The van der Waals surface area contributed by atoms with Crippen molar-refractivity contribution in [2.24, 2.45) is 0 Å². The van der Waals surface area contributed by atoms with Gasteiger partial charge < -0.3 is 15.0 Å². The summed E-state index contributed by atoms with van der Waals surface area (Å²) in [7, 11) is 0. The zero-order valence-corrected chi connectivity index (χ0v) is 12.5. The number of likely N-dealkylation sites (tertiary alicyclic amines) is 1. The molecule has 0 aromatic carbocycles. The summed E-state index contributed by atoms with van der Waals surface area (Å²) >= 11 is 1.74. The van der Waals surface area contributed by atoms with Crippen LogP contribution in [0.1, 0.15) is 43.0 Å². The molecule has 5 heteroatoms. The summed E-state index contributed by atoms with van der Waals surface area (Å²) in [6.45, 7) is 2.47. The van der Waals surface area contributed by atoms with Gasteiger partial charge in [0.1, 0.15) is 0 Å². The van der Waals surface area contributed by atoms with Gasteiger partial charge in [-0.25, -0.2) is 4.79 Å². The van der Waals surface area contributed by atoms with Crippen LogP contribution in [0.5, 0.6) is 0 Å². The molecule has 20 heavy (non-hydrogen) atoms. The maximum Gasteiger partial charge on any atom is 0.317 e. The summed E-state index contributed by atoms with van der Waals surface area (Å²) in [6.07, 6.45) is 5.76. The quantitative estimate of drug-likeness (QED) is 0.926. The maximum absolute atomic E-state index is 12.3. The van der Waals surface area contributed by atoms with Gasteiger partial charge in [0.15, 0.2) is 0 Å². The molecule has 2 fully saturated rings. The van der Waals surface area contributed by atoms with E-state index in [0.717, 1.165) is 51.8 Å². The Morgan fingerprint density at radius 3 is 3.15 bits per heavy atom. The van der Waals surface area contributed by atoms with Crippen molar-refractivity contribution >= 4 is 17.4 Å². The van der Waals surface area contributed by atoms with Crippen molar-refractivity contribution in [1.29, 1.82) is 0 Å². The summed E-state index contributed by atoms with van der Waals surface area (Å²) in [5.74, 6) is 0. The largest absolute Gasteiger partial charge is 0.378 e. The number of hydrogen-bond donors (Lipinski definition) is 1. The number of carbonyl (C=O) groups is 1. The van der Waals surface area contributed by atoms with Gasteiger partial charge in [-0.2, -0.15) is 0 Å². The molecule has 0 aliphatic carbocycles. The second kappa shape index (κ2) is 6.59. The molecule has 1 aromatic rings. The van der Waals surface area contributed by atoms with Gasteiger partial charge in [-0.05, 0) is 43.6 Å². The molecule has 2 amide bonds. The number of amides is 2. The van der Waals surface area contributed by atoms with Crippen LogP contribution >= 0.6 is 11.3 Å². The fraction of sp³-hybridized carbons (Fsp3) is 0.667. The Labute approximate surface area is 124 Å². The van der Waals surface area contributed by atoms with Gasteiger partial charge >= 0.3 is 6.03 Å². The fourth-order valence-electron chi connectivity index (χ4n) is 3.10. The summed E-state index contributed by atoms with van der Waals surface area (Å²) in [5.41, 5.74) is 0. The van der Waals surface area contributed by atoms with Crippen LogP contribution in [0.15, 0.2) is 17.5 Å². The number of urea groups is 1. The molecule has 2 atom stereocenters. The highest BCUT2D eigenvalue weighted by molar-refractivity contribution is 7.10. The average molecular weight is 294 g/mol. The first-order valence-electron chi connectivity index (χ1n) is 7.54. The third-order valence-corrected chi connectivity index (χ3v) is 5.13. The molecular weight excluding hydrogens is 272 g/mol. The summed E-state index contributed by atoms with van der Waals surface area (Å²) in [6, 6.07) is 4.55. The molecule has 0 bridgehead atoms. The maximum atomic E-state index is 12.3. The molecule has 4 nitrogen and oxygen atoms in total. The highest BCUT2D eigenvalue weighted by atomic mass is 32.1. The van der Waals surface area contributed by atoms with E-state index in [9.17, 15) is 4.79 Å². The first kappa shape index (κ1) is 13.9. The lowest BCUT2D eigenvalue weighted by molar-refractivity contribution is 0.104. The standard InChI is InChI=1S/C15H22N2O2S/c18-15(16-8-7-12-4-2-10-19-12)17-9-1-5-13(17)14-6-3-11-20-14/h3,6,11-13H,1-2,4-5,7-10H2,(H,16,18)/t12-,13+/m0/s1. The zero-order valence-electron chi connectivity index (χ0n) is 11.7. The van der Waals surface area contributed by atoms with Gasteiger partial charge in [-0.1, -0.05) is 6.07 Å². The predicted molar refractivity (Wildman–Crippen MR) is 80.0 cm³/mol. The van der Waals surface area contributed by atoms with Crippen molar-refractivity contribution in [2.75, 3.05) is 19.7 Å². The van der Waals surface area contributed by atoms with Gasteiger partial charge in [-0.15, -0.1) is 11.3 Å². The lowest BCUT2D eigenvalue weighted by Crippen LogP contribution is -2.40. The minimum absolute atomic E-state index is 0.0823. The minimum Gasteiger partial charge on any atom is -0.378 e. The molecule has 2 saturated heterocycles. The molecule has 0 spiro atoms. The van der Waals surface area contributed by atoms with E-state index in [1.54, 1.807) is 11.3 Å². The van der Waals surface area contributed by atoms with Crippen LogP contribution in [0.25, 0.3) is 0 Å². The lowest BCUT2D eigenvalue weighted by atomic mass is 10.2. The smallest absolute Gasteiger partial charge is 0.317 e. The summed E-state index contributed by atoms with van der Waals surface area (Å²) in [5, 5.41) is 5.14. The van der Waals surface area contributed by atoms with Gasteiger partial charge in [0.2, 0.25) is 0 Å². The molecule has 0 saturated carbocycles. The minimum atomic E-state index is 0.0823. The topological polar surface area (TPSA) is 41.6 Å². The number of ether oxygens (including phenoxy) is 1. The molecule has 2 aliphatic heterocycles. The van der Waals surface area contributed by atoms with E-state index in [1.165, 1.54) is 4.88 Å². The third kappa shape index (κ3) is 3.15. The van der Waals surface area contributed by atoms with Crippen molar-refractivity contribution in [2.45, 2.75) is 44.2 Å². The van der Waals surface area contributed by atoms with Crippen molar-refractivity contribution in [3.05, 3.63) is 22.4 Å². The molecule has 3 rings (SSSR count). The second-order valence-corrected chi connectivity index (χ2v) is 6.50. The first-order chi connectivity index (χ1) is 9.84. The average Bonchev–Trinajstić information content (AvgIpc) is 3.19. The SMILES string of the molecule is O=C(NCC[C@@H]1CCCO1)N1CCC[C@@H]1c1cccs1. The number of nitrogens with zero attached hydrogens (tertiary/aromatic N) is 1. The first-order valence-corrected chi connectivity index (χ1v) is 8.42. The Balaban J connectivity index is 1.48. The van der Waals surface area contributed by atoms with E-state index in [-0.39, 0.29) is 12.1 Å². The van der Waals surface area contributed by atoms with Crippen LogP contribution in [-0.4, -0.2) is 36.7 Å². The Kier molecular flexibility index (Phi) is 4.58. The zero-order chi connectivity index (χ0) is 13.8. The Hall–Kier alpha value is -1.07. The molecule has 3 heterocycles. The van der Waals surface area contributed by atoms with Crippen molar-refractivity contribution < 1.29 is 9.53 Å². The van der Waals surface area contributed by atoms with Gasteiger partial charge in [0, 0.05) is 24.6 Å². The van der Waals surface area contributed by atoms with Crippen LogP contribution in [0.4, 0.5) is 4.79 Å². The predicted octanol–water partition coefficient (Wildman–Crippen LogP) is 3.16. The normalized spacial score (nSPS) is 26.1. The lowest BCUT2D eigenvalue weighted by Gasteiger charge is -2.24. The summed E-state index contributed by atoms with van der Waals surface area (Å²) < 4.78 is 5.58. The van der Waals surface area contributed by atoms with Crippen LogP contribution in [-0.2, 0) is 4.74 Å². The van der Waals surface area contributed by atoms with Gasteiger partial charge in [0.25, 0.3) is 0 Å². The Morgan fingerprint density at radius 1 is 1.45 bits per heavy atom. The molecule has 0 unspecified atom stereocenters. The van der Waals surface area contributed by atoms with E-state index in [1.807, 2.05) is 4.90 Å². The molecule has 1 aromatic heterocycles. The molecule has 2 aliphatic rings. The number of carbonyl (C=O) groups excluding carboxylic acids is 1. The molecule has 1 N–H and O–H groups in total. The van der Waals surface area contributed by atoms with Crippen molar-refractivity contribution in [3.63, 3.8) is 0 Å². The summed E-state index contributed by atoms with van der Waals surface area (Å²) in [4.78, 5) is 15.6. The molecule has 0 radical (unpaired) electrons. The van der Waals surface area contributed by atoms with E-state index in [2.05, 4.69) is 22.8 Å². The van der Waals surface area contributed by atoms with E-state index >= 15 is 0 Å². The van der Waals surface area contributed by atoms with E-state index in [0.29, 0.717) is 6.10 Å². The van der Waals surface area contributed by atoms with Crippen LogP contribution in [0.2, 0.25) is 0 Å². The number of thiophene rings is 1. The van der Waals surface area contributed by atoms with Crippen molar-refractivity contribution in [1.82, 2.24) is 10.2 Å². The van der Waals surface area contributed by atoms with Crippen LogP contribution in [0, 0.1) is 0 Å². The van der Waals surface area contributed by atoms with Gasteiger partial charge in [-0.3, -0.25) is 0 Å². The van der Waals surface area contributed by atoms with Crippen LogP contribution in [0.3, 0.4) is 0 Å². The number of nitrogens with one attached hydrogen (secondary N) is 1. The fourth-order valence-corrected chi connectivity index (χ4v) is 3.97. The molecular formula is C15H22N2O2S. The Morgan fingerprint density at radius 2 is 2.40 bits per heavy atom. The molecule has 110 valence electrons. The Bertz CT molecular complexity index is 429. The van der Waals surface area contributed by atoms with Gasteiger partial charge in [0.05, 0.1) is 12.1 Å². The van der Waals surface area contributed by atoms with E-state index < -0.39 is 0 Å².